The zero-order valence-corrected chi connectivity index (χ0v) is 11.1. The van der Waals surface area contributed by atoms with Crippen LogP contribution in [0.1, 0.15) is 10.5 Å². The molecule has 3 N–H and O–H groups in total. The molecule has 0 bridgehead atoms. The van der Waals surface area contributed by atoms with E-state index in [1.165, 1.54) is 0 Å². The van der Waals surface area contributed by atoms with Crippen LogP contribution >= 0.6 is 11.8 Å². The van der Waals surface area contributed by atoms with Gasteiger partial charge in [0.05, 0.1) is 5.69 Å². The van der Waals surface area contributed by atoms with E-state index in [1.54, 1.807) is 35.6 Å². The Morgan fingerprint density at radius 3 is 2.50 bits per heavy atom. The van der Waals surface area contributed by atoms with Crippen LogP contribution in [-0.4, -0.2) is 16.7 Å². The molecule has 0 unspecified atom stereocenters. The number of carbonyl (C=O) groups is 1. The summed E-state index contributed by atoms with van der Waals surface area (Å²) in [5.74, 6) is -0.161. The number of carbonyl (C=O) groups excluding carboxylic acids is 1. The molecule has 94 valence electrons. The van der Waals surface area contributed by atoms with Crippen molar-refractivity contribution in [2.75, 3.05) is 17.3 Å². The van der Waals surface area contributed by atoms with Crippen molar-refractivity contribution in [1.82, 2.24) is 4.57 Å². The molecular weight excluding hydrogens is 246 g/mol. The highest BCUT2D eigenvalue weighted by molar-refractivity contribution is 7.98. The van der Waals surface area contributed by atoms with E-state index in [1.807, 2.05) is 30.5 Å². The number of thioether (sulfide) groups is 1. The molecule has 2 aromatic rings. The first-order valence-electron chi connectivity index (χ1n) is 5.47. The van der Waals surface area contributed by atoms with E-state index < -0.39 is 0 Å². The molecule has 1 aromatic heterocycles. The lowest BCUT2D eigenvalue weighted by molar-refractivity contribution is 0.101. The number of aromatic nitrogens is 1. The molecule has 2 rings (SSSR count). The maximum absolute atomic E-state index is 12.0. The van der Waals surface area contributed by atoms with Gasteiger partial charge in [0, 0.05) is 23.8 Å². The largest absolute Gasteiger partial charge is 0.397 e. The monoisotopic (exact) mass is 261 g/mol. The molecule has 0 saturated heterocycles. The maximum Gasteiger partial charge on any atom is 0.272 e. The second kappa shape index (κ2) is 5.18. The molecule has 0 aliphatic heterocycles. The van der Waals surface area contributed by atoms with Gasteiger partial charge in [-0.1, -0.05) is 0 Å². The first-order chi connectivity index (χ1) is 8.60. The van der Waals surface area contributed by atoms with Crippen LogP contribution in [0.5, 0.6) is 0 Å². The Labute approximate surface area is 110 Å². The van der Waals surface area contributed by atoms with Crippen LogP contribution in [0.3, 0.4) is 0 Å². The lowest BCUT2D eigenvalue weighted by Crippen LogP contribution is -2.15. The average molecular weight is 261 g/mol. The number of nitrogen functional groups attached to an aromatic ring is 1. The van der Waals surface area contributed by atoms with Gasteiger partial charge in [-0.15, -0.1) is 11.8 Å². The fourth-order valence-electron chi connectivity index (χ4n) is 1.69. The number of nitrogens with one attached hydrogen (secondary N) is 1. The van der Waals surface area contributed by atoms with Crippen LogP contribution in [0.25, 0.3) is 0 Å². The third kappa shape index (κ3) is 2.68. The molecule has 0 saturated carbocycles. The third-order valence-electron chi connectivity index (χ3n) is 2.61. The summed E-state index contributed by atoms with van der Waals surface area (Å²) in [6, 6.07) is 9.37. The summed E-state index contributed by atoms with van der Waals surface area (Å²) in [5, 5.41) is 2.84. The van der Waals surface area contributed by atoms with Gasteiger partial charge in [0.15, 0.2) is 0 Å². The van der Waals surface area contributed by atoms with Gasteiger partial charge in [-0.25, -0.2) is 0 Å². The van der Waals surface area contributed by atoms with Gasteiger partial charge in [0.25, 0.3) is 5.91 Å². The molecule has 0 atom stereocenters. The van der Waals surface area contributed by atoms with Crippen LogP contribution in [0.2, 0.25) is 0 Å². The molecule has 0 fully saturated rings. The van der Waals surface area contributed by atoms with Crippen molar-refractivity contribution in [1.29, 1.82) is 0 Å². The first-order valence-corrected chi connectivity index (χ1v) is 6.70. The lowest BCUT2D eigenvalue weighted by Gasteiger charge is -2.06. The summed E-state index contributed by atoms with van der Waals surface area (Å²) in [6.07, 6.45) is 3.73. The summed E-state index contributed by atoms with van der Waals surface area (Å²) in [6.45, 7) is 0. The molecule has 1 heterocycles. The Hall–Kier alpha value is -1.88. The van der Waals surface area contributed by atoms with Crippen molar-refractivity contribution in [3.05, 3.63) is 42.2 Å². The molecular formula is C13H15N3OS. The molecule has 5 heteroatoms. The molecule has 4 nitrogen and oxygen atoms in total. The molecule has 0 radical (unpaired) electrons. The highest BCUT2D eigenvalue weighted by atomic mass is 32.2. The number of hydrogen-bond donors (Lipinski definition) is 2. The van der Waals surface area contributed by atoms with E-state index in [9.17, 15) is 4.79 Å². The van der Waals surface area contributed by atoms with Crippen molar-refractivity contribution < 1.29 is 4.79 Å². The molecule has 1 amide bonds. The fraction of sp³-hybridized carbons (Fsp3) is 0.154. The Balaban J connectivity index is 2.13. The predicted molar refractivity (Wildman–Crippen MR) is 76.0 cm³/mol. The lowest BCUT2D eigenvalue weighted by atomic mass is 10.3. The molecule has 0 spiro atoms. The minimum absolute atomic E-state index is 0.161. The average Bonchev–Trinajstić information content (AvgIpc) is 2.69. The number of nitrogens with zero attached hydrogens (tertiary/aromatic N) is 1. The molecule has 0 aliphatic carbocycles. The third-order valence-corrected chi connectivity index (χ3v) is 3.35. The van der Waals surface area contributed by atoms with Crippen LogP contribution in [0, 0.1) is 0 Å². The van der Waals surface area contributed by atoms with Gasteiger partial charge in [0.1, 0.15) is 5.69 Å². The van der Waals surface area contributed by atoms with Gasteiger partial charge in [-0.05, 0) is 36.6 Å². The van der Waals surface area contributed by atoms with E-state index in [2.05, 4.69) is 5.32 Å². The topological polar surface area (TPSA) is 60.1 Å². The zero-order valence-electron chi connectivity index (χ0n) is 10.3. The smallest absolute Gasteiger partial charge is 0.272 e. The number of rotatable bonds is 3. The molecule has 18 heavy (non-hydrogen) atoms. The van der Waals surface area contributed by atoms with Crippen LogP contribution < -0.4 is 11.1 Å². The number of hydrogen-bond acceptors (Lipinski definition) is 3. The summed E-state index contributed by atoms with van der Waals surface area (Å²) < 4.78 is 1.71. The number of amides is 1. The quantitative estimate of drug-likeness (QED) is 0.835. The van der Waals surface area contributed by atoms with Crippen LogP contribution in [0.15, 0.2) is 41.4 Å². The number of aryl methyl sites for hydroxylation is 1. The van der Waals surface area contributed by atoms with E-state index in [4.69, 9.17) is 5.73 Å². The predicted octanol–water partition coefficient (Wildman–Crippen LogP) is 2.58. The van der Waals surface area contributed by atoms with Crippen molar-refractivity contribution in [2.45, 2.75) is 4.90 Å². The van der Waals surface area contributed by atoms with Gasteiger partial charge in [-0.2, -0.15) is 0 Å². The Morgan fingerprint density at radius 1 is 1.33 bits per heavy atom. The highest BCUT2D eigenvalue weighted by Gasteiger charge is 2.10. The Kier molecular flexibility index (Phi) is 3.62. The standard InChI is InChI=1S/C13H15N3OS/c1-16-8-9(14)7-12(16)13(17)15-10-3-5-11(18-2)6-4-10/h3-8H,14H2,1-2H3,(H,15,17). The Morgan fingerprint density at radius 2 is 2.00 bits per heavy atom. The van der Waals surface area contributed by atoms with Gasteiger partial charge < -0.3 is 15.6 Å². The summed E-state index contributed by atoms with van der Waals surface area (Å²) >= 11 is 1.67. The maximum atomic E-state index is 12.0. The number of nitrogens with two attached hydrogens (primary N) is 1. The van der Waals surface area contributed by atoms with E-state index in [-0.39, 0.29) is 5.91 Å². The van der Waals surface area contributed by atoms with E-state index >= 15 is 0 Å². The summed E-state index contributed by atoms with van der Waals surface area (Å²) in [7, 11) is 1.79. The highest BCUT2D eigenvalue weighted by Crippen LogP contribution is 2.18. The minimum atomic E-state index is -0.161. The zero-order chi connectivity index (χ0) is 13.1. The molecule has 1 aromatic carbocycles. The van der Waals surface area contributed by atoms with Crippen molar-refractivity contribution >= 4 is 29.0 Å². The van der Waals surface area contributed by atoms with Gasteiger partial charge >= 0.3 is 0 Å². The first kappa shape index (κ1) is 12.6. The van der Waals surface area contributed by atoms with Crippen LogP contribution in [-0.2, 0) is 7.05 Å². The molecule has 0 aliphatic rings. The second-order valence-electron chi connectivity index (χ2n) is 3.95. The number of benzene rings is 1. The number of anilines is 2. The SMILES string of the molecule is CSc1ccc(NC(=O)c2cc(N)cn2C)cc1. The van der Waals surface area contributed by atoms with Crippen molar-refractivity contribution in [3.63, 3.8) is 0 Å². The van der Waals surface area contributed by atoms with Crippen molar-refractivity contribution in [2.24, 2.45) is 7.05 Å². The van der Waals surface area contributed by atoms with Crippen LogP contribution in [0.4, 0.5) is 11.4 Å². The van der Waals surface area contributed by atoms with Gasteiger partial charge in [0.2, 0.25) is 0 Å². The van der Waals surface area contributed by atoms with Crippen molar-refractivity contribution in [3.8, 4) is 0 Å². The Bertz CT molecular complexity index is 560. The summed E-state index contributed by atoms with van der Waals surface area (Å²) in [5.41, 5.74) is 7.55. The van der Waals surface area contributed by atoms with E-state index in [0.717, 1.165) is 10.6 Å². The second-order valence-corrected chi connectivity index (χ2v) is 4.83. The minimum Gasteiger partial charge on any atom is -0.397 e. The fourth-order valence-corrected chi connectivity index (χ4v) is 2.09. The van der Waals surface area contributed by atoms with E-state index in [0.29, 0.717) is 11.4 Å². The normalized spacial score (nSPS) is 10.3. The van der Waals surface area contributed by atoms with Gasteiger partial charge in [-0.3, -0.25) is 4.79 Å². The summed E-state index contributed by atoms with van der Waals surface area (Å²) in [4.78, 5) is 13.2.